The van der Waals surface area contributed by atoms with Gasteiger partial charge in [-0.1, -0.05) is 30.3 Å². The maximum absolute atomic E-state index is 11.6. The van der Waals surface area contributed by atoms with E-state index in [-0.39, 0.29) is 24.6 Å². The SMILES string of the molecule is COc1nc(OC)nc(OC(=O)OCc2ccccc2)n1. The van der Waals surface area contributed by atoms with E-state index in [4.69, 9.17) is 18.9 Å². The third kappa shape index (κ3) is 4.30. The van der Waals surface area contributed by atoms with Crippen molar-refractivity contribution in [2.45, 2.75) is 6.61 Å². The largest absolute Gasteiger partial charge is 0.516 e. The van der Waals surface area contributed by atoms with Gasteiger partial charge in [-0.3, -0.25) is 0 Å². The van der Waals surface area contributed by atoms with E-state index in [1.165, 1.54) is 14.2 Å². The van der Waals surface area contributed by atoms with Crippen molar-refractivity contribution in [3.8, 4) is 18.0 Å². The number of aromatic nitrogens is 3. The van der Waals surface area contributed by atoms with Gasteiger partial charge in [-0.25, -0.2) is 4.79 Å². The van der Waals surface area contributed by atoms with Gasteiger partial charge in [0, 0.05) is 0 Å². The first kappa shape index (κ1) is 14.5. The molecule has 8 nitrogen and oxygen atoms in total. The van der Waals surface area contributed by atoms with Crippen LogP contribution in [-0.2, 0) is 11.3 Å². The van der Waals surface area contributed by atoms with Crippen LogP contribution in [0.3, 0.4) is 0 Å². The van der Waals surface area contributed by atoms with Crippen molar-refractivity contribution in [3.05, 3.63) is 35.9 Å². The Morgan fingerprint density at radius 1 is 0.952 bits per heavy atom. The standard InChI is InChI=1S/C13H13N3O5/c1-18-10-14-11(19-2)16-12(15-10)21-13(17)20-8-9-6-4-3-5-7-9/h3-7H,8H2,1-2H3. The van der Waals surface area contributed by atoms with Gasteiger partial charge >= 0.3 is 24.2 Å². The molecular weight excluding hydrogens is 278 g/mol. The number of carbonyl (C=O) groups excluding carboxylic acids is 1. The number of nitrogens with zero attached hydrogens (tertiary/aromatic N) is 3. The second-order valence-corrected chi connectivity index (χ2v) is 3.72. The fourth-order valence-electron chi connectivity index (χ4n) is 1.37. The summed E-state index contributed by atoms with van der Waals surface area (Å²) in [7, 11) is 2.73. The predicted octanol–water partition coefficient (Wildman–Crippen LogP) is 1.60. The summed E-state index contributed by atoms with van der Waals surface area (Å²) in [5, 5.41) is 0. The van der Waals surface area contributed by atoms with Crippen molar-refractivity contribution < 1.29 is 23.7 Å². The summed E-state index contributed by atoms with van der Waals surface area (Å²) in [6.07, 6.45) is -0.936. The van der Waals surface area contributed by atoms with Gasteiger partial charge in [0.1, 0.15) is 6.61 Å². The third-order valence-corrected chi connectivity index (χ3v) is 2.31. The lowest BCUT2D eigenvalue weighted by molar-refractivity contribution is 0.0888. The molecular formula is C13H13N3O5. The van der Waals surface area contributed by atoms with Crippen molar-refractivity contribution in [2.24, 2.45) is 0 Å². The van der Waals surface area contributed by atoms with Crippen LogP contribution < -0.4 is 14.2 Å². The van der Waals surface area contributed by atoms with Crippen LogP contribution in [0.2, 0.25) is 0 Å². The monoisotopic (exact) mass is 291 g/mol. The summed E-state index contributed by atoms with van der Waals surface area (Å²) in [6, 6.07) is 8.85. The molecule has 1 aromatic carbocycles. The Kier molecular flexibility index (Phi) is 4.86. The van der Waals surface area contributed by atoms with E-state index in [1.807, 2.05) is 30.3 Å². The predicted molar refractivity (Wildman–Crippen MR) is 70.2 cm³/mol. The fourth-order valence-corrected chi connectivity index (χ4v) is 1.37. The van der Waals surface area contributed by atoms with E-state index in [9.17, 15) is 4.79 Å². The molecule has 0 saturated heterocycles. The lowest BCUT2D eigenvalue weighted by Gasteiger charge is -2.06. The first-order valence-electron chi connectivity index (χ1n) is 5.94. The van der Waals surface area contributed by atoms with Crippen LogP contribution in [0.5, 0.6) is 18.0 Å². The van der Waals surface area contributed by atoms with Crippen LogP contribution in [0, 0.1) is 0 Å². The fraction of sp³-hybridized carbons (Fsp3) is 0.231. The third-order valence-electron chi connectivity index (χ3n) is 2.31. The maximum Gasteiger partial charge on any atom is 0.516 e. The van der Waals surface area contributed by atoms with Gasteiger partial charge in [0.15, 0.2) is 0 Å². The first-order valence-corrected chi connectivity index (χ1v) is 5.94. The van der Waals surface area contributed by atoms with Gasteiger partial charge in [0.25, 0.3) is 0 Å². The minimum Gasteiger partial charge on any atom is -0.467 e. The average Bonchev–Trinajstić information content (AvgIpc) is 2.53. The molecule has 1 aromatic heterocycles. The molecule has 21 heavy (non-hydrogen) atoms. The van der Waals surface area contributed by atoms with Crippen LogP contribution in [0.25, 0.3) is 0 Å². The summed E-state index contributed by atoms with van der Waals surface area (Å²) in [5.74, 6) is 0. The number of benzene rings is 1. The quantitative estimate of drug-likeness (QED) is 0.767. The molecule has 0 atom stereocenters. The molecule has 0 fully saturated rings. The van der Waals surface area contributed by atoms with E-state index in [0.717, 1.165) is 5.56 Å². The van der Waals surface area contributed by atoms with E-state index in [1.54, 1.807) is 0 Å². The van der Waals surface area contributed by atoms with Gasteiger partial charge in [0.2, 0.25) is 0 Å². The Morgan fingerprint density at radius 2 is 1.52 bits per heavy atom. The highest BCUT2D eigenvalue weighted by atomic mass is 16.7. The second kappa shape index (κ2) is 7.04. The minimum atomic E-state index is -0.936. The zero-order chi connectivity index (χ0) is 15.1. The molecule has 0 radical (unpaired) electrons. The number of carbonyl (C=O) groups is 1. The molecule has 0 amide bonds. The molecule has 0 bridgehead atoms. The smallest absolute Gasteiger partial charge is 0.467 e. The number of methoxy groups -OCH3 is 2. The van der Waals surface area contributed by atoms with Crippen molar-refractivity contribution in [1.29, 1.82) is 0 Å². The van der Waals surface area contributed by atoms with Gasteiger partial charge < -0.3 is 18.9 Å². The molecule has 0 saturated carbocycles. The average molecular weight is 291 g/mol. The van der Waals surface area contributed by atoms with Gasteiger partial charge in [-0.05, 0) is 5.56 Å². The van der Waals surface area contributed by atoms with Crippen LogP contribution in [0.4, 0.5) is 4.79 Å². The lowest BCUT2D eigenvalue weighted by atomic mass is 10.2. The molecule has 0 aliphatic carbocycles. The van der Waals surface area contributed by atoms with Crippen molar-refractivity contribution in [1.82, 2.24) is 15.0 Å². The van der Waals surface area contributed by atoms with Crippen LogP contribution >= 0.6 is 0 Å². The molecule has 2 aromatic rings. The molecule has 1 heterocycles. The summed E-state index contributed by atoms with van der Waals surface area (Å²) in [6.45, 7) is 0.0824. The summed E-state index contributed by atoms with van der Waals surface area (Å²) >= 11 is 0. The Morgan fingerprint density at radius 3 is 2.10 bits per heavy atom. The molecule has 0 N–H and O–H groups in total. The van der Waals surface area contributed by atoms with Crippen LogP contribution in [0.15, 0.2) is 30.3 Å². The van der Waals surface area contributed by atoms with E-state index < -0.39 is 6.16 Å². The van der Waals surface area contributed by atoms with E-state index in [0.29, 0.717) is 0 Å². The Bertz CT molecular complexity index is 584. The zero-order valence-electron chi connectivity index (χ0n) is 11.5. The van der Waals surface area contributed by atoms with Crippen molar-refractivity contribution >= 4 is 6.16 Å². The molecule has 0 aliphatic rings. The van der Waals surface area contributed by atoms with E-state index >= 15 is 0 Å². The Hall–Kier alpha value is -2.90. The second-order valence-electron chi connectivity index (χ2n) is 3.72. The lowest BCUT2D eigenvalue weighted by Crippen LogP contribution is -2.13. The number of ether oxygens (including phenoxy) is 4. The van der Waals surface area contributed by atoms with E-state index in [2.05, 4.69) is 15.0 Å². The highest BCUT2D eigenvalue weighted by Crippen LogP contribution is 2.14. The number of hydrogen-bond donors (Lipinski definition) is 0. The number of hydrogen-bond acceptors (Lipinski definition) is 8. The Balaban J connectivity index is 1.96. The van der Waals surface area contributed by atoms with Crippen molar-refractivity contribution in [3.63, 3.8) is 0 Å². The molecule has 0 unspecified atom stereocenters. The molecule has 0 spiro atoms. The number of rotatable bonds is 5. The summed E-state index contributed by atoms with van der Waals surface area (Å²) < 4.78 is 19.4. The first-order chi connectivity index (χ1) is 10.2. The maximum atomic E-state index is 11.6. The van der Waals surface area contributed by atoms with Gasteiger partial charge in [0.05, 0.1) is 14.2 Å². The Labute approximate surface area is 120 Å². The van der Waals surface area contributed by atoms with Gasteiger partial charge in [-0.2, -0.15) is 0 Å². The summed E-state index contributed by atoms with van der Waals surface area (Å²) in [5.41, 5.74) is 0.834. The van der Waals surface area contributed by atoms with Crippen LogP contribution in [-0.4, -0.2) is 35.3 Å². The van der Waals surface area contributed by atoms with Crippen LogP contribution in [0.1, 0.15) is 5.56 Å². The highest BCUT2D eigenvalue weighted by molar-refractivity contribution is 5.62. The molecule has 110 valence electrons. The summed E-state index contributed by atoms with van der Waals surface area (Å²) in [4.78, 5) is 22.8. The highest BCUT2D eigenvalue weighted by Gasteiger charge is 2.13. The van der Waals surface area contributed by atoms with Crippen molar-refractivity contribution in [2.75, 3.05) is 14.2 Å². The zero-order valence-corrected chi connectivity index (χ0v) is 11.5. The topological polar surface area (TPSA) is 92.7 Å². The molecule has 0 aliphatic heterocycles. The van der Waals surface area contributed by atoms with Gasteiger partial charge in [-0.15, -0.1) is 15.0 Å². The molecule has 2 rings (SSSR count). The molecule has 8 heteroatoms. The normalized spacial score (nSPS) is 9.81. The minimum absolute atomic E-state index is 0.0345.